The van der Waals surface area contributed by atoms with Gasteiger partial charge in [0.1, 0.15) is 11.5 Å². The van der Waals surface area contributed by atoms with Crippen LogP contribution in [0.2, 0.25) is 0 Å². The molecule has 3 rings (SSSR count). The molecule has 0 aliphatic heterocycles. The molecule has 10 heteroatoms. The molecule has 1 aromatic carbocycles. The van der Waals surface area contributed by atoms with Crippen LogP contribution in [0, 0.1) is 14.9 Å². The average Bonchev–Trinajstić information content (AvgIpc) is 2.90. The minimum Gasteiger partial charge on any atom is -0.307 e. The third-order valence-electron chi connectivity index (χ3n) is 4.71. The van der Waals surface area contributed by atoms with Gasteiger partial charge >= 0.3 is 6.18 Å². The van der Waals surface area contributed by atoms with Crippen LogP contribution < -0.4 is 0 Å². The van der Waals surface area contributed by atoms with Crippen molar-refractivity contribution in [2.75, 3.05) is 0 Å². The number of nitro groups is 1. The molecule has 1 aromatic heterocycles. The monoisotopic (exact) mass is 386 g/mol. The predicted molar refractivity (Wildman–Crippen MR) is 90.9 cm³/mol. The van der Waals surface area contributed by atoms with Gasteiger partial charge in [-0.25, -0.2) is 0 Å². The number of nitro benzene ring substituents is 1. The van der Waals surface area contributed by atoms with Gasteiger partial charge in [-0.3, -0.25) is 10.1 Å². The first-order chi connectivity index (χ1) is 12.2. The highest BCUT2D eigenvalue weighted by Crippen LogP contribution is 2.35. The number of rotatable bonds is 3. The van der Waals surface area contributed by atoms with E-state index in [2.05, 4.69) is 5.10 Å². The van der Waals surface area contributed by atoms with Gasteiger partial charge in [-0.2, -0.15) is 23.0 Å². The molecule has 0 N–H and O–H groups in total. The molecule has 1 aliphatic carbocycles. The SMILES string of the molecule is Cn1c(C2CCCCC2)nn(-c2ccc(C(F)(F)F)cc2[N+](=O)[O-])c1=S. The van der Waals surface area contributed by atoms with Gasteiger partial charge in [0.05, 0.1) is 10.5 Å². The molecule has 26 heavy (non-hydrogen) atoms. The van der Waals surface area contributed by atoms with Crippen LogP contribution in [0.4, 0.5) is 18.9 Å². The van der Waals surface area contributed by atoms with Crippen molar-refractivity contribution in [1.82, 2.24) is 14.3 Å². The fourth-order valence-electron chi connectivity index (χ4n) is 3.35. The Morgan fingerprint density at radius 1 is 1.27 bits per heavy atom. The summed E-state index contributed by atoms with van der Waals surface area (Å²) in [6.07, 6.45) is 0.549. The first kappa shape index (κ1) is 18.6. The number of hydrogen-bond acceptors (Lipinski definition) is 4. The fraction of sp³-hybridized carbons (Fsp3) is 0.500. The second kappa shape index (κ2) is 6.82. The van der Waals surface area contributed by atoms with Crippen LogP contribution >= 0.6 is 12.2 Å². The summed E-state index contributed by atoms with van der Waals surface area (Å²) in [6.45, 7) is 0. The lowest BCUT2D eigenvalue weighted by Gasteiger charge is -2.20. The highest BCUT2D eigenvalue weighted by atomic mass is 32.1. The van der Waals surface area contributed by atoms with Crippen molar-refractivity contribution in [3.63, 3.8) is 0 Å². The maximum atomic E-state index is 12.9. The third kappa shape index (κ3) is 3.37. The maximum Gasteiger partial charge on any atom is 0.416 e. The summed E-state index contributed by atoms with van der Waals surface area (Å²) in [7, 11) is 1.73. The Hall–Kier alpha value is -2.23. The van der Waals surface area contributed by atoms with Gasteiger partial charge in [-0.15, -0.1) is 0 Å². The van der Waals surface area contributed by atoms with Crippen LogP contribution in [0.25, 0.3) is 5.69 Å². The zero-order chi connectivity index (χ0) is 19.1. The molecule has 1 saturated carbocycles. The summed E-state index contributed by atoms with van der Waals surface area (Å²) < 4.78 is 41.8. The highest BCUT2D eigenvalue weighted by molar-refractivity contribution is 7.71. The van der Waals surface area contributed by atoms with Gasteiger partial charge in [0.2, 0.25) is 4.77 Å². The Balaban J connectivity index is 2.12. The van der Waals surface area contributed by atoms with Crippen LogP contribution in [0.3, 0.4) is 0 Å². The van der Waals surface area contributed by atoms with E-state index in [1.807, 2.05) is 0 Å². The van der Waals surface area contributed by atoms with Crippen molar-refractivity contribution in [2.24, 2.45) is 7.05 Å². The average molecular weight is 386 g/mol. The smallest absolute Gasteiger partial charge is 0.307 e. The predicted octanol–water partition coefficient (Wildman–Crippen LogP) is 4.91. The van der Waals surface area contributed by atoms with Crippen molar-refractivity contribution >= 4 is 17.9 Å². The van der Waals surface area contributed by atoms with Gasteiger partial charge < -0.3 is 4.57 Å². The highest BCUT2D eigenvalue weighted by Gasteiger charge is 2.34. The summed E-state index contributed by atoms with van der Waals surface area (Å²) in [5, 5.41) is 15.8. The first-order valence-electron chi connectivity index (χ1n) is 8.22. The summed E-state index contributed by atoms with van der Waals surface area (Å²) in [5.74, 6) is 0.911. The summed E-state index contributed by atoms with van der Waals surface area (Å²) in [4.78, 5) is 10.5. The molecule has 0 amide bonds. The zero-order valence-electron chi connectivity index (χ0n) is 14.0. The molecule has 1 aliphatic rings. The Kier molecular flexibility index (Phi) is 4.87. The first-order valence-corrected chi connectivity index (χ1v) is 8.63. The lowest BCUT2D eigenvalue weighted by Crippen LogP contribution is -2.10. The molecule has 1 fully saturated rings. The van der Waals surface area contributed by atoms with Crippen LogP contribution in [0.1, 0.15) is 49.4 Å². The quantitative estimate of drug-likeness (QED) is 0.427. The molecule has 0 spiro atoms. The molecule has 140 valence electrons. The zero-order valence-corrected chi connectivity index (χ0v) is 14.8. The van der Waals surface area contributed by atoms with Gasteiger partial charge in [0.25, 0.3) is 5.69 Å². The van der Waals surface area contributed by atoms with Crippen molar-refractivity contribution in [2.45, 2.75) is 44.2 Å². The lowest BCUT2D eigenvalue weighted by atomic mass is 9.89. The van der Waals surface area contributed by atoms with Gasteiger partial charge in [-0.1, -0.05) is 19.3 Å². The minimum absolute atomic E-state index is 0.0642. The molecule has 6 nitrogen and oxygen atoms in total. The van der Waals surface area contributed by atoms with Gasteiger partial charge in [0, 0.05) is 19.0 Å². The van der Waals surface area contributed by atoms with Crippen molar-refractivity contribution < 1.29 is 18.1 Å². The Morgan fingerprint density at radius 3 is 2.50 bits per heavy atom. The molecule has 1 heterocycles. The number of halogens is 3. The summed E-state index contributed by atoms with van der Waals surface area (Å²) in [6, 6.07) is 2.37. The van der Waals surface area contributed by atoms with E-state index in [1.54, 1.807) is 11.6 Å². The molecular formula is C16H17F3N4O2S. The maximum absolute atomic E-state index is 12.9. The molecule has 0 radical (unpaired) electrons. The second-order valence-corrected chi connectivity index (χ2v) is 6.77. The van der Waals surface area contributed by atoms with Gasteiger partial charge in [0.15, 0.2) is 0 Å². The molecule has 0 atom stereocenters. The third-order valence-corrected chi connectivity index (χ3v) is 5.16. The fourth-order valence-corrected chi connectivity index (χ4v) is 3.58. The van der Waals surface area contributed by atoms with Gasteiger partial charge in [-0.05, 0) is 37.2 Å². The second-order valence-electron chi connectivity index (χ2n) is 6.40. The molecule has 2 aromatic rings. The lowest BCUT2D eigenvalue weighted by molar-refractivity contribution is -0.384. The van der Waals surface area contributed by atoms with Crippen LogP contribution in [0.5, 0.6) is 0 Å². The Bertz CT molecular complexity index is 898. The number of nitrogens with zero attached hydrogens (tertiary/aromatic N) is 4. The van der Waals surface area contributed by atoms with Crippen molar-refractivity contribution in [3.05, 3.63) is 44.5 Å². The standard InChI is InChI=1S/C16H17F3N4O2S/c1-21-14(10-5-3-2-4-6-10)20-22(15(21)26)12-8-7-11(16(17,18)19)9-13(12)23(24)25/h7-10H,2-6H2,1H3. The molecule has 0 unspecified atom stereocenters. The van der Waals surface area contributed by atoms with E-state index in [9.17, 15) is 23.3 Å². The van der Waals surface area contributed by atoms with E-state index >= 15 is 0 Å². The number of benzene rings is 1. The van der Waals surface area contributed by atoms with E-state index in [4.69, 9.17) is 12.2 Å². The Morgan fingerprint density at radius 2 is 1.92 bits per heavy atom. The molecule has 0 saturated heterocycles. The van der Waals surface area contributed by atoms with E-state index in [1.165, 1.54) is 4.68 Å². The number of alkyl halides is 3. The van der Waals surface area contributed by atoms with Crippen molar-refractivity contribution in [3.8, 4) is 5.69 Å². The van der Waals surface area contributed by atoms with E-state index in [0.717, 1.165) is 44.2 Å². The van der Waals surface area contributed by atoms with E-state index < -0.39 is 22.4 Å². The van der Waals surface area contributed by atoms with Crippen molar-refractivity contribution in [1.29, 1.82) is 0 Å². The summed E-state index contributed by atoms with van der Waals surface area (Å²) >= 11 is 5.34. The minimum atomic E-state index is -4.66. The largest absolute Gasteiger partial charge is 0.416 e. The summed E-state index contributed by atoms with van der Waals surface area (Å²) in [5.41, 5.74) is -1.82. The topological polar surface area (TPSA) is 65.9 Å². The van der Waals surface area contributed by atoms with E-state index in [0.29, 0.717) is 11.9 Å². The number of hydrogen-bond donors (Lipinski definition) is 0. The van der Waals surface area contributed by atoms with Crippen LogP contribution in [-0.2, 0) is 13.2 Å². The van der Waals surface area contributed by atoms with E-state index in [-0.39, 0.29) is 16.4 Å². The molecular weight excluding hydrogens is 369 g/mol. The number of aromatic nitrogens is 3. The Labute approximate surface area is 152 Å². The molecule has 0 bridgehead atoms. The normalized spacial score (nSPS) is 16.0. The van der Waals surface area contributed by atoms with Crippen LogP contribution in [0.15, 0.2) is 18.2 Å². The van der Waals surface area contributed by atoms with Crippen LogP contribution in [-0.4, -0.2) is 19.3 Å².